The van der Waals surface area contributed by atoms with Gasteiger partial charge < -0.3 is 14.6 Å². The number of aryl methyl sites for hydroxylation is 1. The molecule has 2 aromatic heterocycles. The molecule has 1 aromatic carbocycles. The van der Waals surface area contributed by atoms with E-state index in [4.69, 9.17) is 4.74 Å². The van der Waals surface area contributed by atoms with Crippen LogP contribution in [0.5, 0.6) is 0 Å². The SMILES string of the molecule is CC(=O)NC[C@H]1CN(c2cc(F)c(-n3cc4cccnc4c3)cc2C)C(=O)O1. The molecule has 1 aliphatic rings. The van der Waals surface area contributed by atoms with Crippen LogP contribution in [0.2, 0.25) is 0 Å². The summed E-state index contributed by atoms with van der Waals surface area (Å²) in [5, 5.41) is 3.53. The third-order valence-corrected chi connectivity index (χ3v) is 4.70. The minimum absolute atomic E-state index is 0.199. The number of pyridine rings is 1. The number of ether oxygens (including phenoxy) is 1. The van der Waals surface area contributed by atoms with Gasteiger partial charge in [0, 0.05) is 37.0 Å². The molecule has 0 bridgehead atoms. The molecule has 3 aromatic rings. The molecule has 0 saturated carbocycles. The van der Waals surface area contributed by atoms with E-state index in [2.05, 4.69) is 10.3 Å². The molecule has 0 radical (unpaired) electrons. The van der Waals surface area contributed by atoms with Crippen molar-refractivity contribution in [3.05, 3.63) is 54.2 Å². The van der Waals surface area contributed by atoms with Gasteiger partial charge in [0.05, 0.1) is 30.0 Å². The molecule has 0 aliphatic carbocycles. The van der Waals surface area contributed by atoms with Crippen molar-refractivity contribution < 1.29 is 18.7 Å². The Hall–Kier alpha value is -3.42. The highest BCUT2D eigenvalue weighted by molar-refractivity contribution is 5.91. The van der Waals surface area contributed by atoms with Crippen molar-refractivity contribution in [1.82, 2.24) is 14.9 Å². The first-order chi connectivity index (χ1) is 13.4. The normalized spacial score (nSPS) is 16.5. The number of aromatic nitrogens is 2. The zero-order chi connectivity index (χ0) is 19.8. The molecule has 1 aliphatic heterocycles. The van der Waals surface area contributed by atoms with Gasteiger partial charge in [-0.15, -0.1) is 0 Å². The van der Waals surface area contributed by atoms with Gasteiger partial charge in [-0.1, -0.05) is 0 Å². The van der Waals surface area contributed by atoms with Crippen molar-refractivity contribution in [3.8, 4) is 5.69 Å². The smallest absolute Gasteiger partial charge is 0.414 e. The second kappa shape index (κ2) is 6.95. The molecule has 2 amide bonds. The number of hydrogen-bond donors (Lipinski definition) is 1. The summed E-state index contributed by atoms with van der Waals surface area (Å²) >= 11 is 0. The minimum Gasteiger partial charge on any atom is -0.442 e. The number of benzene rings is 1. The molecule has 0 unspecified atom stereocenters. The Morgan fingerprint density at radius 2 is 2.18 bits per heavy atom. The summed E-state index contributed by atoms with van der Waals surface area (Å²) < 4.78 is 21.8. The first-order valence-electron chi connectivity index (χ1n) is 8.88. The number of hydrogen-bond acceptors (Lipinski definition) is 4. The Morgan fingerprint density at radius 3 is 2.93 bits per heavy atom. The van der Waals surface area contributed by atoms with E-state index in [1.807, 2.05) is 25.3 Å². The second-order valence-corrected chi connectivity index (χ2v) is 6.79. The molecule has 144 valence electrons. The van der Waals surface area contributed by atoms with Crippen LogP contribution < -0.4 is 10.2 Å². The van der Waals surface area contributed by atoms with Gasteiger partial charge >= 0.3 is 6.09 Å². The predicted octanol–water partition coefficient (Wildman–Crippen LogP) is 2.93. The Bertz CT molecular complexity index is 1050. The quantitative estimate of drug-likeness (QED) is 0.753. The van der Waals surface area contributed by atoms with Gasteiger partial charge in [0.2, 0.25) is 5.91 Å². The van der Waals surface area contributed by atoms with Gasteiger partial charge in [-0.2, -0.15) is 0 Å². The summed E-state index contributed by atoms with van der Waals surface area (Å²) in [7, 11) is 0. The number of carbonyl (C=O) groups is 2. The van der Waals surface area contributed by atoms with Crippen LogP contribution in [-0.4, -0.2) is 40.7 Å². The maximum atomic E-state index is 14.9. The fraction of sp³-hybridized carbons (Fsp3) is 0.250. The summed E-state index contributed by atoms with van der Waals surface area (Å²) in [6.07, 6.45) is 4.24. The lowest BCUT2D eigenvalue weighted by molar-refractivity contribution is -0.119. The lowest BCUT2D eigenvalue weighted by Gasteiger charge is -2.18. The zero-order valence-electron chi connectivity index (χ0n) is 15.5. The van der Waals surface area contributed by atoms with Gasteiger partial charge in [-0.05, 0) is 30.7 Å². The number of halogens is 1. The van der Waals surface area contributed by atoms with Crippen LogP contribution in [0.3, 0.4) is 0 Å². The number of amides is 2. The average molecular weight is 382 g/mol. The number of anilines is 1. The molecule has 4 rings (SSSR count). The summed E-state index contributed by atoms with van der Waals surface area (Å²) in [5.41, 5.74) is 2.33. The molecule has 0 spiro atoms. The summed E-state index contributed by atoms with van der Waals surface area (Å²) in [6.45, 7) is 3.68. The zero-order valence-corrected chi connectivity index (χ0v) is 15.5. The van der Waals surface area contributed by atoms with Crippen LogP contribution in [0.1, 0.15) is 12.5 Å². The minimum atomic E-state index is -0.554. The van der Waals surface area contributed by atoms with E-state index in [1.54, 1.807) is 23.0 Å². The fourth-order valence-corrected chi connectivity index (χ4v) is 3.33. The lowest BCUT2D eigenvalue weighted by Crippen LogP contribution is -2.33. The van der Waals surface area contributed by atoms with Crippen LogP contribution in [0.25, 0.3) is 16.6 Å². The van der Waals surface area contributed by atoms with E-state index in [0.717, 1.165) is 16.5 Å². The molecule has 1 atom stereocenters. The van der Waals surface area contributed by atoms with E-state index in [0.29, 0.717) is 11.4 Å². The van der Waals surface area contributed by atoms with Crippen molar-refractivity contribution in [2.75, 3.05) is 18.0 Å². The first-order valence-corrected chi connectivity index (χ1v) is 8.88. The van der Waals surface area contributed by atoms with Crippen molar-refractivity contribution in [1.29, 1.82) is 0 Å². The summed E-state index contributed by atoms with van der Waals surface area (Å²) in [5.74, 6) is -0.659. The molecule has 3 heterocycles. The van der Waals surface area contributed by atoms with Gasteiger partial charge in [0.1, 0.15) is 11.9 Å². The Labute approximate surface area is 160 Å². The molecule has 7 nitrogen and oxygen atoms in total. The van der Waals surface area contributed by atoms with Crippen molar-refractivity contribution in [3.63, 3.8) is 0 Å². The van der Waals surface area contributed by atoms with Gasteiger partial charge in [0.15, 0.2) is 0 Å². The fourth-order valence-electron chi connectivity index (χ4n) is 3.33. The maximum absolute atomic E-state index is 14.9. The van der Waals surface area contributed by atoms with Crippen LogP contribution in [0.4, 0.5) is 14.9 Å². The molecule has 1 fully saturated rings. The molecular formula is C20H19FN4O3. The first kappa shape index (κ1) is 18.0. The van der Waals surface area contributed by atoms with Gasteiger partial charge in [-0.25, -0.2) is 9.18 Å². The average Bonchev–Trinajstić information content (AvgIpc) is 3.24. The number of rotatable bonds is 4. The van der Waals surface area contributed by atoms with E-state index in [9.17, 15) is 14.0 Å². The van der Waals surface area contributed by atoms with E-state index >= 15 is 0 Å². The summed E-state index contributed by atoms with van der Waals surface area (Å²) in [4.78, 5) is 28.9. The van der Waals surface area contributed by atoms with Gasteiger partial charge in [-0.3, -0.25) is 14.7 Å². The molecule has 8 heteroatoms. The molecule has 28 heavy (non-hydrogen) atoms. The monoisotopic (exact) mass is 382 g/mol. The Kier molecular flexibility index (Phi) is 4.46. The Balaban J connectivity index is 1.62. The van der Waals surface area contributed by atoms with Crippen LogP contribution in [0.15, 0.2) is 42.9 Å². The van der Waals surface area contributed by atoms with E-state index in [-0.39, 0.29) is 19.0 Å². The predicted molar refractivity (Wildman–Crippen MR) is 102 cm³/mol. The third-order valence-electron chi connectivity index (χ3n) is 4.70. The number of cyclic esters (lactones) is 1. The van der Waals surface area contributed by atoms with E-state index < -0.39 is 18.0 Å². The highest BCUT2D eigenvalue weighted by Crippen LogP contribution is 2.30. The van der Waals surface area contributed by atoms with Gasteiger partial charge in [0.25, 0.3) is 0 Å². The van der Waals surface area contributed by atoms with Crippen LogP contribution in [-0.2, 0) is 9.53 Å². The van der Waals surface area contributed by atoms with Crippen molar-refractivity contribution in [2.45, 2.75) is 20.0 Å². The Morgan fingerprint density at radius 1 is 1.36 bits per heavy atom. The van der Waals surface area contributed by atoms with Crippen molar-refractivity contribution in [2.24, 2.45) is 0 Å². The molecule has 1 N–H and O–H groups in total. The number of carbonyl (C=O) groups excluding carboxylic acids is 2. The highest BCUT2D eigenvalue weighted by atomic mass is 19.1. The molecular weight excluding hydrogens is 363 g/mol. The lowest BCUT2D eigenvalue weighted by atomic mass is 10.1. The highest BCUT2D eigenvalue weighted by Gasteiger charge is 2.33. The summed E-state index contributed by atoms with van der Waals surface area (Å²) in [6, 6.07) is 6.77. The number of fused-ring (bicyclic) bond motifs is 1. The topological polar surface area (TPSA) is 76.5 Å². The van der Waals surface area contributed by atoms with E-state index in [1.165, 1.54) is 17.9 Å². The number of nitrogens with one attached hydrogen (secondary N) is 1. The third kappa shape index (κ3) is 3.28. The molecule has 1 saturated heterocycles. The largest absolute Gasteiger partial charge is 0.442 e. The maximum Gasteiger partial charge on any atom is 0.414 e. The second-order valence-electron chi connectivity index (χ2n) is 6.79. The van der Waals surface area contributed by atoms with Crippen LogP contribution >= 0.6 is 0 Å². The standard InChI is InChI=1S/C20H19FN4O3/c1-12-6-19(24-9-14-4-3-5-22-17(14)11-24)16(21)7-18(12)25-10-15(28-20(25)27)8-23-13(2)26/h3-7,9,11,15H,8,10H2,1-2H3,(H,23,26)/t15-/m0/s1. The van der Waals surface area contributed by atoms with Crippen LogP contribution in [0, 0.1) is 12.7 Å². The van der Waals surface area contributed by atoms with Crippen molar-refractivity contribution >= 4 is 28.6 Å². The number of nitrogens with zero attached hydrogens (tertiary/aromatic N) is 3.